The highest BCUT2D eigenvalue weighted by molar-refractivity contribution is 9.10. The Bertz CT molecular complexity index is 774. The Labute approximate surface area is 140 Å². The van der Waals surface area contributed by atoms with Gasteiger partial charge < -0.3 is 4.74 Å². The van der Waals surface area contributed by atoms with Crippen molar-refractivity contribution >= 4 is 42.8 Å². The van der Waals surface area contributed by atoms with E-state index in [-0.39, 0.29) is 0 Å². The Balaban J connectivity index is 1.77. The van der Waals surface area contributed by atoms with Gasteiger partial charge in [-0.3, -0.25) is 0 Å². The number of fused-ring (bicyclic) bond motifs is 1. The van der Waals surface area contributed by atoms with E-state index in [0.717, 1.165) is 32.1 Å². The van der Waals surface area contributed by atoms with Crippen LogP contribution >= 0.6 is 31.9 Å². The van der Waals surface area contributed by atoms with Crippen LogP contribution in [-0.2, 0) is 11.9 Å². The topological polar surface area (TPSA) is 22.1 Å². The van der Waals surface area contributed by atoms with Gasteiger partial charge in [0.1, 0.15) is 12.4 Å². The van der Waals surface area contributed by atoms with Crippen LogP contribution in [0.25, 0.3) is 10.9 Å². The zero-order valence-corrected chi connectivity index (χ0v) is 14.4. The number of benzene rings is 2. The van der Waals surface area contributed by atoms with Crippen molar-refractivity contribution in [2.45, 2.75) is 11.9 Å². The molecule has 21 heavy (non-hydrogen) atoms. The number of halogens is 2. The molecule has 2 aromatic carbocycles. The quantitative estimate of drug-likeness (QED) is 0.536. The summed E-state index contributed by atoms with van der Waals surface area (Å²) in [6, 6.07) is 18.2. The molecule has 0 spiro atoms. The number of ether oxygens (including phenoxy) is 1. The predicted molar refractivity (Wildman–Crippen MR) is 92.8 cm³/mol. The van der Waals surface area contributed by atoms with Crippen LogP contribution in [-0.4, -0.2) is 4.98 Å². The van der Waals surface area contributed by atoms with Gasteiger partial charge in [-0.15, -0.1) is 0 Å². The minimum Gasteiger partial charge on any atom is -0.486 e. The van der Waals surface area contributed by atoms with E-state index in [4.69, 9.17) is 4.74 Å². The Morgan fingerprint density at radius 1 is 1.00 bits per heavy atom. The van der Waals surface area contributed by atoms with E-state index in [1.54, 1.807) is 0 Å². The Morgan fingerprint density at radius 2 is 1.86 bits per heavy atom. The molecule has 0 saturated carbocycles. The molecule has 106 valence electrons. The monoisotopic (exact) mass is 405 g/mol. The fraction of sp³-hybridized carbons (Fsp3) is 0.118. The van der Waals surface area contributed by atoms with E-state index in [9.17, 15) is 0 Å². The first kappa shape index (κ1) is 14.5. The number of hydrogen-bond acceptors (Lipinski definition) is 2. The highest BCUT2D eigenvalue weighted by atomic mass is 79.9. The zero-order chi connectivity index (χ0) is 14.7. The molecular formula is C17H13Br2NO. The van der Waals surface area contributed by atoms with Crippen molar-refractivity contribution in [1.29, 1.82) is 0 Å². The first-order chi connectivity index (χ1) is 10.3. The van der Waals surface area contributed by atoms with Crippen molar-refractivity contribution in [1.82, 2.24) is 4.98 Å². The van der Waals surface area contributed by atoms with E-state index in [0.29, 0.717) is 6.61 Å². The van der Waals surface area contributed by atoms with Gasteiger partial charge in [-0.2, -0.15) is 0 Å². The Morgan fingerprint density at radius 3 is 2.67 bits per heavy atom. The standard InChI is InChI=1S/C17H13Br2NO/c18-10-12-5-8-17(15(19)9-12)21-11-14-7-6-13-3-1-2-4-16(13)20-14/h1-9H,10-11H2. The molecule has 0 fully saturated rings. The molecule has 3 aromatic rings. The Hall–Kier alpha value is -1.39. The second-order valence-electron chi connectivity index (χ2n) is 4.68. The van der Waals surface area contributed by atoms with Crippen LogP contribution in [0.2, 0.25) is 0 Å². The third-order valence-electron chi connectivity index (χ3n) is 3.18. The number of hydrogen-bond donors (Lipinski definition) is 0. The molecule has 0 saturated heterocycles. The lowest BCUT2D eigenvalue weighted by Crippen LogP contribution is -1.99. The maximum atomic E-state index is 5.85. The largest absolute Gasteiger partial charge is 0.486 e. The van der Waals surface area contributed by atoms with Gasteiger partial charge in [0.05, 0.1) is 15.7 Å². The number of para-hydroxylation sites is 1. The van der Waals surface area contributed by atoms with E-state index in [1.165, 1.54) is 5.56 Å². The molecule has 0 unspecified atom stereocenters. The molecule has 0 aliphatic rings. The van der Waals surface area contributed by atoms with Gasteiger partial charge in [0, 0.05) is 10.7 Å². The maximum Gasteiger partial charge on any atom is 0.134 e. The molecule has 0 radical (unpaired) electrons. The summed E-state index contributed by atoms with van der Waals surface area (Å²) in [4.78, 5) is 4.61. The minimum atomic E-state index is 0.455. The number of rotatable bonds is 4. The van der Waals surface area contributed by atoms with Gasteiger partial charge >= 0.3 is 0 Å². The van der Waals surface area contributed by atoms with Crippen LogP contribution in [0.15, 0.2) is 59.1 Å². The lowest BCUT2D eigenvalue weighted by molar-refractivity contribution is 0.300. The molecule has 0 amide bonds. The predicted octanol–water partition coefficient (Wildman–Crippen LogP) is 5.47. The SMILES string of the molecule is BrCc1ccc(OCc2ccc3ccccc3n2)c(Br)c1. The van der Waals surface area contributed by atoms with E-state index >= 15 is 0 Å². The molecule has 0 bridgehead atoms. The van der Waals surface area contributed by atoms with E-state index in [2.05, 4.69) is 55.0 Å². The summed E-state index contributed by atoms with van der Waals surface area (Å²) in [5, 5.41) is 1.97. The molecule has 3 rings (SSSR count). The number of alkyl halides is 1. The molecule has 0 aliphatic carbocycles. The van der Waals surface area contributed by atoms with Crippen molar-refractivity contribution < 1.29 is 4.74 Å². The van der Waals surface area contributed by atoms with Gasteiger partial charge in [0.25, 0.3) is 0 Å². The summed E-state index contributed by atoms with van der Waals surface area (Å²) in [6.07, 6.45) is 0. The van der Waals surface area contributed by atoms with E-state index in [1.807, 2.05) is 36.4 Å². The van der Waals surface area contributed by atoms with Crippen LogP contribution in [0.4, 0.5) is 0 Å². The van der Waals surface area contributed by atoms with Crippen molar-refractivity contribution in [3.05, 3.63) is 70.3 Å². The summed E-state index contributed by atoms with van der Waals surface area (Å²) in [5.41, 5.74) is 3.12. The average molecular weight is 407 g/mol. The van der Waals surface area contributed by atoms with Gasteiger partial charge in [0.15, 0.2) is 0 Å². The van der Waals surface area contributed by atoms with Gasteiger partial charge in [0.2, 0.25) is 0 Å². The Kier molecular flexibility index (Phi) is 4.56. The van der Waals surface area contributed by atoms with Crippen molar-refractivity contribution in [3.8, 4) is 5.75 Å². The normalized spacial score (nSPS) is 10.8. The molecule has 2 nitrogen and oxygen atoms in total. The van der Waals surface area contributed by atoms with Gasteiger partial charge in [-0.1, -0.05) is 46.3 Å². The number of nitrogens with zero attached hydrogens (tertiary/aromatic N) is 1. The summed E-state index contributed by atoms with van der Waals surface area (Å²) >= 11 is 6.98. The van der Waals surface area contributed by atoms with Crippen LogP contribution in [0.1, 0.15) is 11.3 Å². The zero-order valence-electron chi connectivity index (χ0n) is 11.2. The molecule has 0 atom stereocenters. The fourth-order valence-corrected chi connectivity index (χ4v) is 2.97. The number of pyridine rings is 1. The lowest BCUT2D eigenvalue weighted by atomic mass is 10.2. The van der Waals surface area contributed by atoms with Crippen LogP contribution in [0.3, 0.4) is 0 Å². The first-order valence-corrected chi connectivity index (χ1v) is 8.49. The fourth-order valence-electron chi connectivity index (χ4n) is 2.08. The van der Waals surface area contributed by atoms with E-state index < -0.39 is 0 Å². The summed E-state index contributed by atoms with van der Waals surface area (Å²) in [6.45, 7) is 0.455. The van der Waals surface area contributed by atoms with Crippen LogP contribution < -0.4 is 4.74 Å². The summed E-state index contributed by atoms with van der Waals surface area (Å²) < 4.78 is 6.81. The molecule has 4 heteroatoms. The average Bonchev–Trinajstić information content (AvgIpc) is 2.53. The molecule has 1 aromatic heterocycles. The number of aromatic nitrogens is 1. The van der Waals surface area contributed by atoms with Crippen molar-refractivity contribution in [2.24, 2.45) is 0 Å². The smallest absolute Gasteiger partial charge is 0.134 e. The van der Waals surface area contributed by atoms with Gasteiger partial charge in [-0.25, -0.2) is 4.98 Å². The minimum absolute atomic E-state index is 0.455. The molecule has 0 aliphatic heterocycles. The second-order valence-corrected chi connectivity index (χ2v) is 6.10. The summed E-state index contributed by atoms with van der Waals surface area (Å²) in [5.74, 6) is 0.828. The highest BCUT2D eigenvalue weighted by Crippen LogP contribution is 2.27. The third-order valence-corrected chi connectivity index (χ3v) is 4.45. The molecule has 1 heterocycles. The molecule has 0 N–H and O–H groups in total. The lowest BCUT2D eigenvalue weighted by Gasteiger charge is -2.09. The van der Waals surface area contributed by atoms with Crippen molar-refractivity contribution in [3.63, 3.8) is 0 Å². The first-order valence-electron chi connectivity index (χ1n) is 6.58. The second kappa shape index (κ2) is 6.58. The van der Waals surface area contributed by atoms with Crippen LogP contribution in [0, 0.1) is 0 Å². The molecular weight excluding hydrogens is 394 g/mol. The van der Waals surface area contributed by atoms with Crippen LogP contribution in [0.5, 0.6) is 5.75 Å². The third kappa shape index (κ3) is 3.44. The maximum absolute atomic E-state index is 5.85. The summed E-state index contributed by atoms with van der Waals surface area (Å²) in [7, 11) is 0. The highest BCUT2D eigenvalue weighted by Gasteiger charge is 2.04. The van der Waals surface area contributed by atoms with Crippen molar-refractivity contribution in [2.75, 3.05) is 0 Å². The van der Waals surface area contributed by atoms with Gasteiger partial charge in [-0.05, 0) is 45.8 Å².